The lowest BCUT2D eigenvalue weighted by Gasteiger charge is -2.41. The van der Waals surface area contributed by atoms with Crippen LogP contribution in [0.25, 0.3) is 0 Å². The first kappa shape index (κ1) is 12.3. The Morgan fingerprint density at radius 1 is 1.29 bits per heavy atom. The number of aliphatic hydroxyl groups excluding tert-OH is 1. The van der Waals surface area contributed by atoms with E-state index in [1.165, 1.54) is 5.56 Å². The molecule has 1 heterocycles. The van der Waals surface area contributed by atoms with Gasteiger partial charge in [-0.25, -0.2) is 0 Å². The lowest BCUT2D eigenvalue weighted by molar-refractivity contribution is 0.0653. The summed E-state index contributed by atoms with van der Waals surface area (Å²) in [5.41, 5.74) is 1.20. The minimum absolute atomic E-state index is 0.103. The van der Waals surface area contributed by atoms with Gasteiger partial charge in [0.05, 0.1) is 12.6 Å². The van der Waals surface area contributed by atoms with Crippen LogP contribution >= 0.6 is 0 Å². The molecule has 0 aliphatic carbocycles. The summed E-state index contributed by atoms with van der Waals surface area (Å²) in [5.74, 6) is 0. The third kappa shape index (κ3) is 2.59. The Morgan fingerprint density at radius 2 is 2.00 bits per heavy atom. The zero-order chi connectivity index (χ0) is 12.3. The first-order chi connectivity index (χ1) is 8.24. The van der Waals surface area contributed by atoms with Gasteiger partial charge in [-0.2, -0.15) is 0 Å². The predicted octanol–water partition coefficient (Wildman–Crippen LogP) is 2.76. The first-order valence-corrected chi connectivity index (χ1v) is 6.34. The topological polar surface area (TPSA) is 23.5 Å². The normalized spacial score (nSPS) is 27.0. The van der Waals surface area contributed by atoms with E-state index in [1.54, 1.807) is 0 Å². The van der Waals surface area contributed by atoms with Crippen molar-refractivity contribution in [1.29, 1.82) is 0 Å². The van der Waals surface area contributed by atoms with Crippen molar-refractivity contribution in [2.24, 2.45) is 0 Å². The van der Waals surface area contributed by atoms with Crippen LogP contribution in [0, 0.1) is 0 Å². The van der Waals surface area contributed by atoms with E-state index >= 15 is 0 Å². The van der Waals surface area contributed by atoms with E-state index in [1.807, 2.05) is 18.2 Å². The van der Waals surface area contributed by atoms with Crippen molar-refractivity contribution < 1.29 is 5.11 Å². The SMILES string of the molecule is C[C@@H]1CC=C[C@H](C)N1[C@@H](CO)c1ccccc1. The highest BCUT2D eigenvalue weighted by molar-refractivity contribution is 5.20. The molecule has 0 amide bonds. The van der Waals surface area contributed by atoms with Crippen molar-refractivity contribution in [2.45, 2.75) is 38.4 Å². The highest BCUT2D eigenvalue weighted by atomic mass is 16.3. The molecule has 2 nitrogen and oxygen atoms in total. The standard InChI is InChI=1S/C15H21NO/c1-12-7-6-8-13(2)16(12)15(11-17)14-9-4-3-5-10-14/h3-7,9-10,12-13,15,17H,8,11H2,1-2H3/t12-,13+,15-/m0/s1. The van der Waals surface area contributed by atoms with Crippen LogP contribution in [0.5, 0.6) is 0 Å². The van der Waals surface area contributed by atoms with E-state index in [2.05, 4.69) is 43.0 Å². The Morgan fingerprint density at radius 3 is 2.59 bits per heavy atom. The van der Waals surface area contributed by atoms with Crippen molar-refractivity contribution in [3.8, 4) is 0 Å². The van der Waals surface area contributed by atoms with E-state index in [9.17, 15) is 5.11 Å². The van der Waals surface area contributed by atoms with E-state index in [0.29, 0.717) is 12.1 Å². The van der Waals surface area contributed by atoms with Gasteiger partial charge in [-0.3, -0.25) is 4.90 Å². The van der Waals surface area contributed by atoms with Gasteiger partial charge in [0.2, 0.25) is 0 Å². The average molecular weight is 231 g/mol. The van der Waals surface area contributed by atoms with Crippen LogP contribution in [0.3, 0.4) is 0 Å². The minimum atomic E-state index is 0.103. The Bertz CT molecular complexity index is 374. The average Bonchev–Trinajstić information content (AvgIpc) is 2.35. The molecule has 1 aromatic carbocycles. The van der Waals surface area contributed by atoms with Crippen molar-refractivity contribution >= 4 is 0 Å². The van der Waals surface area contributed by atoms with Gasteiger partial charge in [0.15, 0.2) is 0 Å². The van der Waals surface area contributed by atoms with Crippen molar-refractivity contribution in [2.75, 3.05) is 6.61 Å². The van der Waals surface area contributed by atoms with E-state index in [4.69, 9.17) is 0 Å². The summed E-state index contributed by atoms with van der Waals surface area (Å²) >= 11 is 0. The van der Waals surface area contributed by atoms with Gasteiger partial charge in [0, 0.05) is 12.1 Å². The van der Waals surface area contributed by atoms with Crippen LogP contribution in [0.1, 0.15) is 31.9 Å². The zero-order valence-corrected chi connectivity index (χ0v) is 10.6. The fraction of sp³-hybridized carbons (Fsp3) is 0.467. The summed E-state index contributed by atoms with van der Waals surface area (Å²) in [7, 11) is 0. The zero-order valence-electron chi connectivity index (χ0n) is 10.6. The summed E-state index contributed by atoms with van der Waals surface area (Å²) < 4.78 is 0. The number of nitrogens with zero attached hydrogens (tertiary/aromatic N) is 1. The van der Waals surface area contributed by atoms with E-state index < -0.39 is 0 Å². The first-order valence-electron chi connectivity index (χ1n) is 6.34. The number of aliphatic hydroxyl groups is 1. The van der Waals surface area contributed by atoms with Crippen molar-refractivity contribution in [3.05, 3.63) is 48.0 Å². The second-order valence-corrected chi connectivity index (χ2v) is 4.81. The van der Waals surface area contributed by atoms with Gasteiger partial charge < -0.3 is 5.11 Å². The smallest absolute Gasteiger partial charge is 0.0628 e. The Labute approximate surface area is 104 Å². The molecule has 92 valence electrons. The molecular weight excluding hydrogens is 210 g/mol. The van der Waals surface area contributed by atoms with Crippen LogP contribution < -0.4 is 0 Å². The highest BCUT2D eigenvalue weighted by Gasteiger charge is 2.29. The van der Waals surface area contributed by atoms with Gasteiger partial charge in [-0.05, 0) is 25.8 Å². The molecule has 2 heteroatoms. The molecule has 1 N–H and O–H groups in total. The Kier molecular flexibility index (Phi) is 3.97. The predicted molar refractivity (Wildman–Crippen MR) is 70.8 cm³/mol. The third-order valence-corrected chi connectivity index (χ3v) is 3.59. The van der Waals surface area contributed by atoms with Gasteiger partial charge in [-0.15, -0.1) is 0 Å². The fourth-order valence-electron chi connectivity index (χ4n) is 2.73. The molecule has 17 heavy (non-hydrogen) atoms. The van der Waals surface area contributed by atoms with Crippen LogP contribution in [-0.2, 0) is 0 Å². The summed E-state index contributed by atoms with van der Waals surface area (Å²) in [6.07, 6.45) is 5.53. The summed E-state index contributed by atoms with van der Waals surface area (Å²) in [6, 6.07) is 11.2. The van der Waals surface area contributed by atoms with Crippen molar-refractivity contribution in [1.82, 2.24) is 4.90 Å². The molecule has 1 aliphatic heterocycles. The van der Waals surface area contributed by atoms with Crippen molar-refractivity contribution in [3.63, 3.8) is 0 Å². The van der Waals surface area contributed by atoms with Crippen LogP contribution in [0.4, 0.5) is 0 Å². The molecule has 2 rings (SSSR count). The molecule has 1 aliphatic rings. The molecule has 0 bridgehead atoms. The molecule has 1 aromatic rings. The second-order valence-electron chi connectivity index (χ2n) is 4.81. The lowest BCUT2D eigenvalue weighted by Crippen LogP contribution is -2.45. The van der Waals surface area contributed by atoms with E-state index in [-0.39, 0.29) is 12.6 Å². The second kappa shape index (κ2) is 5.48. The van der Waals surface area contributed by atoms with Crippen LogP contribution in [0.2, 0.25) is 0 Å². The monoisotopic (exact) mass is 231 g/mol. The van der Waals surface area contributed by atoms with Crippen LogP contribution in [-0.4, -0.2) is 28.7 Å². The summed E-state index contributed by atoms with van der Waals surface area (Å²) in [5, 5.41) is 9.70. The minimum Gasteiger partial charge on any atom is -0.394 e. The van der Waals surface area contributed by atoms with E-state index in [0.717, 1.165) is 6.42 Å². The number of benzene rings is 1. The largest absolute Gasteiger partial charge is 0.394 e. The number of hydrogen-bond donors (Lipinski definition) is 1. The summed E-state index contributed by atoms with van der Waals surface area (Å²) in [4.78, 5) is 2.40. The Balaban J connectivity index is 2.26. The Hall–Kier alpha value is -1.12. The maximum absolute atomic E-state index is 9.70. The summed E-state index contributed by atoms with van der Waals surface area (Å²) in [6.45, 7) is 4.59. The number of hydrogen-bond acceptors (Lipinski definition) is 2. The molecule has 0 spiro atoms. The molecule has 0 fully saturated rings. The molecular formula is C15H21NO. The third-order valence-electron chi connectivity index (χ3n) is 3.59. The molecule has 0 saturated carbocycles. The molecule has 0 unspecified atom stereocenters. The van der Waals surface area contributed by atoms with Gasteiger partial charge in [-0.1, -0.05) is 42.5 Å². The van der Waals surface area contributed by atoms with Crippen LogP contribution in [0.15, 0.2) is 42.5 Å². The highest BCUT2D eigenvalue weighted by Crippen LogP contribution is 2.29. The maximum atomic E-state index is 9.70. The molecule has 3 atom stereocenters. The van der Waals surface area contributed by atoms with Gasteiger partial charge >= 0.3 is 0 Å². The molecule has 0 radical (unpaired) electrons. The molecule has 0 aromatic heterocycles. The molecule has 0 saturated heterocycles. The maximum Gasteiger partial charge on any atom is 0.0628 e. The quantitative estimate of drug-likeness (QED) is 0.809. The number of rotatable bonds is 3. The van der Waals surface area contributed by atoms with Gasteiger partial charge in [0.1, 0.15) is 0 Å². The lowest BCUT2D eigenvalue weighted by atomic mass is 9.97. The van der Waals surface area contributed by atoms with Gasteiger partial charge in [0.25, 0.3) is 0 Å². The fourth-order valence-corrected chi connectivity index (χ4v) is 2.73.